The van der Waals surface area contributed by atoms with Gasteiger partial charge in [0.1, 0.15) is 0 Å². The molecule has 3 aromatic rings. The lowest BCUT2D eigenvalue weighted by molar-refractivity contribution is -0.111. The van der Waals surface area contributed by atoms with Crippen LogP contribution in [0.2, 0.25) is 0 Å². The summed E-state index contributed by atoms with van der Waals surface area (Å²) in [7, 11) is 3.15. The number of methoxy groups -OCH3 is 2. The van der Waals surface area contributed by atoms with Crippen LogP contribution in [0.1, 0.15) is 18.4 Å². The van der Waals surface area contributed by atoms with Crippen molar-refractivity contribution in [2.45, 2.75) is 12.8 Å². The van der Waals surface area contributed by atoms with Crippen molar-refractivity contribution < 1.29 is 14.3 Å². The first-order valence-electron chi connectivity index (χ1n) is 9.91. The van der Waals surface area contributed by atoms with Crippen molar-refractivity contribution in [3.05, 3.63) is 54.1 Å². The van der Waals surface area contributed by atoms with Gasteiger partial charge in [0.15, 0.2) is 23.1 Å². The van der Waals surface area contributed by atoms with Gasteiger partial charge in [-0.3, -0.25) is 4.79 Å². The summed E-state index contributed by atoms with van der Waals surface area (Å²) in [6.45, 7) is 1.82. The standard InChI is InChI=1S/C23H24N4O3/c1-29-19-11-7-8-16(21(19)30-2)12-13-20(28)26-22-23(27-14-5-6-15-27)25-18-10-4-3-9-17(18)24-22/h3-4,7-13H,5-6,14-15H2,1-2H3,(H,24,26,28)/b13-12+. The van der Waals surface area contributed by atoms with Gasteiger partial charge in [0.25, 0.3) is 0 Å². The molecule has 7 nitrogen and oxygen atoms in total. The number of para-hydroxylation sites is 3. The summed E-state index contributed by atoms with van der Waals surface area (Å²) in [5.41, 5.74) is 2.31. The predicted octanol–water partition coefficient (Wildman–Crippen LogP) is 3.90. The molecule has 0 radical (unpaired) electrons. The highest BCUT2D eigenvalue weighted by Gasteiger charge is 2.20. The maximum atomic E-state index is 12.7. The van der Waals surface area contributed by atoms with Gasteiger partial charge < -0.3 is 19.7 Å². The summed E-state index contributed by atoms with van der Waals surface area (Å²) < 4.78 is 10.7. The fraction of sp³-hybridized carbons (Fsp3) is 0.261. The first-order valence-corrected chi connectivity index (χ1v) is 9.91. The van der Waals surface area contributed by atoms with Crippen LogP contribution in [-0.2, 0) is 4.79 Å². The molecule has 0 saturated carbocycles. The Morgan fingerprint density at radius 1 is 1.00 bits per heavy atom. The van der Waals surface area contributed by atoms with Crippen LogP contribution in [-0.4, -0.2) is 43.2 Å². The van der Waals surface area contributed by atoms with Gasteiger partial charge in [-0.2, -0.15) is 0 Å². The van der Waals surface area contributed by atoms with E-state index in [-0.39, 0.29) is 5.91 Å². The zero-order valence-electron chi connectivity index (χ0n) is 17.1. The molecule has 1 N–H and O–H groups in total. The van der Waals surface area contributed by atoms with E-state index in [0.29, 0.717) is 23.1 Å². The molecule has 1 aliphatic heterocycles. The van der Waals surface area contributed by atoms with E-state index in [4.69, 9.17) is 14.5 Å². The number of amides is 1. The van der Waals surface area contributed by atoms with Crippen LogP contribution in [0.4, 0.5) is 11.6 Å². The zero-order valence-corrected chi connectivity index (χ0v) is 17.1. The summed E-state index contributed by atoms with van der Waals surface area (Å²) >= 11 is 0. The van der Waals surface area contributed by atoms with Crippen molar-refractivity contribution >= 4 is 34.7 Å². The molecule has 1 saturated heterocycles. The van der Waals surface area contributed by atoms with Crippen LogP contribution in [0.25, 0.3) is 17.1 Å². The highest BCUT2D eigenvalue weighted by molar-refractivity contribution is 6.03. The number of anilines is 2. The molecule has 1 aliphatic rings. The molecule has 0 spiro atoms. The first-order chi connectivity index (χ1) is 14.7. The number of carbonyl (C=O) groups excluding carboxylic acids is 1. The number of nitrogens with one attached hydrogen (secondary N) is 1. The van der Waals surface area contributed by atoms with E-state index in [1.807, 2.05) is 42.5 Å². The predicted molar refractivity (Wildman–Crippen MR) is 118 cm³/mol. The Kier molecular flexibility index (Phi) is 5.79. The van der Waals surface area contributed by atoms with Crippen molar-refractivity contribution in [3.8, 4) is 11.5 Å². The summed E-state index contributed by atoms with van der Waals surface area (Å²) in [6.07, 6.45) is 5.37. The number of carbonyl (C=O) groups is 1. The molecule has 0 atom stereocenters. The summed E-state index contributed by atoms with van der Waals surface area (Å²) in [6, 6.07) is 13.2. The van der Waals surface area contributed by atoms with E-state index >= 15 is 0 Å². The molecule has 7 heteroatoms. The minimum atomic E-state index is -0.287. The Labute approximate surface area is 175 Å². The number of rotatable bonds is 6. The van der Waals surface area contributed by atoms with Crippen LogP contribution >= 0.6 is 0 Å². The molecule has 1 amide bonds. The number of aromatic nitrogens is 2. The molecule has 30 heavy (non-hydrogen) atoms. The van der Waals surface area contributed by atoms with Crippen molar-refractivity contribution in [2.75, 3.05) is 37.5 Å². The maximum Gasteiger partial charge on any atom is 0.249 e. The summed E-state index contributed by atoms with van der Waals surface area (Å²) in [5, 5.41) is 2.90. The number of hydrogen-bond donors (Lipinski definition) is 1. The number of nitrogens with zero attached hydrogens (tertiary/aromatic N) is 3. The molecule has 1 aromatic heterocycles. The van der Waals surface area contributed by atoms with Crippen LogP contribution in [0.5, 0.6) is 11.5 Å². The van der Waals surface area contributed by atoms with Gasteiger partial charge >= 0.3 is 0 Å². The average molecular weight is 404 g/mol. The van der Waals surface area contributed by atoms with E-state index in [9.17, 15) is 4.79 Å². The quantitative estimate of drug-likeness (QED) is 0.628. The third kappa shape index (κ3) is 4.05. The highest BCUT2D eigenvalue weighted by atomic mass is 16.5. The van der Waals surface area contributed by atoms with Gasteiger partial charge in [0.2, 0.25) is 5.91 Å². The van der Waals surface area contributed by atoms with E-state index in [0.717, 1.165) is 42.5 Å². The normalized spacial score (nSPS) is 13.7. The monoisotopic (exact) mass is 404 g/mol. The minimum Gasteiger partial charge on any atom is -0.493 e. The lowest BCUT2D eigenvalue weighted by Gasteiger charge is -2.19. The molecule has 4 rings (SSSR count). The Balaban J connectivity index is 1.61. The zero-order chi connectivity index (χ0) is 20.9. The fourth-order valence-electron chi connectivity index (χ4n) is 3.59. The lowest BCUT2D eigenvalue weighted by Crippen LogP contribution is -2.22. The number of benzene rings is 2. The van der Waals surface area contributed by atoms with E-state index in [1.165, 1.54) is 6.08 Å². The molecule has 1 fully saturated rings. The van der Waals surface area contributed by atoms with Gasteiger partial charge in [0, 0.05) is 24.7 Å². The third-order valence-electron chi connectivity index (χ3n) is 5.05. The van der Waals surface area contributed by atoms with Crippen LogP contribution in [0.15, 0.2) is 48.5 Å². The second kappa shape index (κ2) is 8.82. The molecule has 0 unspecified atom stereocenters. The maximum absolute atomic E-state index is 12.7. The highest BCUT2D eigenvalue weighted by Crippen LogP contribution is 2.32. The largest absolute Gasteiger partial charge is 0.493 e. The molecule has 2 heterocycles. The molecular weight excluding hydrogens is 380 g/mol. The smallest absolute Gasteiger partial charge is 0.249 e. The molecule has 2 aromatic carbocycles. The minimum absolute atomic E-state index is 0.287. The molecule has 0 aliphatic carbocycles. The van der Waals surface area contributed by atoms with Gasteiger partial charge in [0.05, 0.1) is 25.3 Å². The van der Waals surface area contributed by atoms with Crippen LogP contribution < -0.4 is 19.7 Å². The molecular formula is C23H24N4O3. The SMILES string of the molecule is COc1cccc(/C=C/C(=O)Nc2nc3ccccc3nc2N2CCCC2)c1OC. The Hall–Kier alpha value is -3.61. The van der Waals surface area contributed by atoms with Crippen molar-refractivity contribution in [1.82, 2.24) is 9.97 Å². The van der Waals surface area contributed by atoms with Crippen molar-refractivity contribution in [1.29, 1.82) is 0 Å². The molecule has 154 valence electrons. The second-order valence-corrected chi connectivity index (χ2v) is 6.98. The van der Waals surface area contributed by atoms with Gasteiger partial charge in [-0.1, -0.05) is 24.3 Å². The van der Waals surface area contributed by atoms with Crippen molar-refractivity contribution in [3.63, 3.8) is 0 Å². The number of hydrogen-bond acceptors (Lipinski definition) is 6. The third-order valence-corrected chi connectivity index (χ3v) is 5.05. The first kappa shape index (κ1) is 19.7. The van der Waals surface area contributed by atoms with Crippen LogP contribution in [0, 0.1) is 0 Å². The Bertz CT molecular complexity index is 1090. The van der Waals surface area contributed by atoms with E-state index in [1.54, 1.807) is 20.3 Å². The Morgan fingerprint density at radius 2 is 1.73 bits per heavy atom. The van der Waals surface area contributed by atoms with Crippen molar-refractivity contribution in [2.24, 2.45) is 0 Å². The summed E-state index contributed by atoms with van der Waals surface area (Å²) in [5.74, 6) is 2.09. The fourth-order valence-corrected chi connectivity index (χ4v) is 3.59. The number of ether oxygens (including phenoxy) is 2. The number of fused-ring (bicyclic) bond motifs is 1. The van der Waals surface area contributed by atoms with Gasteiger partial charge in [-0.25, -0.2) is 9.97 Å². The second-order valence-electron chi connectivity index (χ2n) is 6.98. The van der Waals surface area contributed by atoms with Gasteiger partial charge in [-0.15, -0.1) is 0 Å². The topological polar surface area (TPSA) is 76.6 Å². The van der Waals surface area contributed by atoms with Gasteiger partial charge in [-0.05, 0) is 37.1 Å². The molecule has 0 bridgehead atoms. The van der Waals surface area contributed by atoms with Crippen LogP contribution in [0.3, 0.4) is 0 Å². The lowest BCUT2D eigenvalue weighted by atomic mass is 10.1. The van der Waals surface area contributed by atoms with E-state index < -0.39 is 0 Å². The summed E-state index contributed by atoms with van der Waals surface area (Å²) in [4.78, 5) is 24.3. The van der Waals surface area contributed by atoms with E-state index in [2.05, 4.69) is 15.2 Å². The Morgan fingerprint density at radius 3 is 2.43 bits per heavy atom. The average Bonchev–Trinajstić information content (AvgIpc) is 3.31.